The van der Waals surface area contributed by atoms with Crippen LogP contribution in [0.1, 0.15) is 73.6 Å². The van der Waals surface area contributed by atoms with Gasteiger partial charge in [-0.2, -0.15) is 0 Å². The Bertz CT molecular complexity index is 210. The van der Waals surface area contributed by atoms with E-state index in [0.717, 1.165) is 51.0 Å². The second kappa shape index (κ2) is 12.6. The molecule has 3 nitrogen and oxygen atoms in total. The van der Waals surface area contributed by atoms with Gasteiger partial charge in [0, 0.05) is 25.9 Å². The van der Waals surface area contributed by atoms with Gasteiger partial charge >= 0.3 is 8.80 Å². The number of hydrogen-bond donors (Lipinski definition) is 0. The highest BCUT2D eigenvalue weighted by Crippen LogP contribution is 2.30. The first-order valence-corrected chi connectivity index (χ1v) is 10.9. The van der Waals surface area contributed by atoms with E-state index < -0.39 is 8.80 Å². The molecule has 4 heteroatoms. The quantitative estimate of drug-likeness (QED) is 0.408. The van der Waals surface area contributed by atoms with Gasteiger partial charge in [0.1, 0.15) is 0 Å². The van der Waals surface area contributed by atoms with Crippen LogP contribution in [0.15, 0.2) is 0 Å². The van der Waals surface area contributed by atoms with Crippen molar-refractivity contribution in [3.05, 3.63) is 0 Å². The summed E-state index contributed by atoms with van der Waals surface area (Å²) in [5.41, 5.74) is 0. The van der Waals surface area contributed by atoms with Gasteiger partial charge in [0.25, 0.3) is 0 Å². The minimum atomic E-state index is -2.52. The van der Waals surface area contributed by atoms with Crippen LogP contribution in [0, 0.1) is 11.8 Å². The van der Waals surface area contributed by atoms with Crippen molar-refractivity contribution in [3.8, 4) is 0 Å². The molecule has 0 aromatic heterocycles. The first-order valence-electron chi connectivity index (χ1n) is 9.00. The van der Waals surface area contributed by atoms with E-state index in [0.29, 0.717) is 5.92 Å². The highest BCUT2D eigenvalue weighted by Gasteiger charge is 2.43. The smallest absolute Gasteiger partial charge is 0.373 e. The number of hydrogen-bond acceptors (Lipinski definition) is 3. The Morgan fingerprint density at radius 1 is 0.714 bits per heavy atom. The molecule has 0 aliphatic heterocycles. The van der Waals surface area contributed by atoms with Crippen molar-refractivity contribution in [2.75, 3.05) is 19.8 Å². The topological polar surface area (TPSA) is 27.7 Å². The molecule has 0 aliphatic carbocycles. The van der Waals surface area contributed by atoms with Crippen LogP contribution in [-0.2, 0) is 13.3 Å². The minimum Gasteiger partial charge on any atom is -0.373 e. The molecule has 0 saturated carbocycles. The third-order valence-electron chi connectivity index (χ3n) is 4.00. The van der Waals surface area contributed by atoms with Crippen molar-refractivity contribution in [1.82, 2.24) is 0 Å². The molecule has 1 atom stereocenters. The maximum Gasteiger partial charge on any atom is 0.501 e. The van der Waals surface area contributed by atoms with Gasteiger partial charge in [0.05, 0.1) is 0 Å². The lowest BCUT2D eigenvalue weighted by molar-refractivity contribution is 0.0531. The Balaban J connectivity index is 4.91. The lowest BCUT2D eigenvalue weighted by atomic mass is 9.91. The molecule has 0 aromatic carbocycles. The van der Waals surface area contributed by atoms with E-state index in [9.17, 15) is 0 Å². The summed E-state index contributed by atoms with van der Waals surface area (Å²) < 4.78 is 18.6. The fraction of sp³-hybridized carbons (Fsp3) is 1.00. The molecule has 0 aliphatic rings. The van der Waals surface area contributed by atoms with Gasteiger partial charge in [-0.25, -0.2) is 0 Å². The maximum atomic E-state index is 6.19. The molecule has 21 heavy (non-hydrogen) atoms. The maximum absolute atomic E-state index is 6.19. The zero-order valence-electron chi connectivity index (χ0n) is 15.2. The van der Waals surface area contributed by atoms with Crippen LogP contribution in [0.2, 0.25) is 6.04 Å². The Kier molecular flexibility index (Phi) is 12.7. The number of rotatable bonds is 14. The molecular formula is C17H38O3Si. The Hall–Kier alpha value is 0.0969. The van der Waals surface area contributed by atoms with Gasteiger partial charge in [0.2, 0.25) is 0 Å². The van der Waals surface area contributed by atoms with Gasteiger partial charge in [-0.05, 0) is 31.1 Å². The molecule has 0 radical (unpaired) electrons. The molecule has 1 unspecified atom stereocenters. The van der Waals surface area contributed by atoms with Gasteiger partial charge in [0.15, 0.2) is 0 Å². The summed E-state index contributed by atoms with van der Waals surface area (Å²) in [5.74, 6) is 1.33. The van der Waals surface area contributed by atoms with E-state index in [1.807, 2.05) is 0 Å². The van der Waals surface area contributed by atoms with E-state index in [2.05, 4.69) is 41.5 Å². The molecular weight excluding hydrogens is 280 g/mol. The monoisotopic (exact) mass is 318 g/mol. The Morgan fingerprint density at radius 3 is 1.38 bits per heavy atom. The highest BCUT2D eigenvalue weighted by atomic mass is 28.4. The molecule has 0 amide bonds. The third-order valence-corrected chi connectivity index (χ3v) is 7.08. The summed E-state index contributed by atoms with van der Waals surface area (Å²) in [6.45, 7) is 15.6. The van der Waals surface area contributed by atoms with E-state index in [4.69, 9.17) is 13.3 Å². The lowest BCUT2D eigenvalue weighted by Crippen LogP contribution is -2.48. The fourth-order valence-electron chi connectivity index (χ4n) is 2.73. The molecule has 0 N–H and O–H groups in total. The first kappa shape index (κ1) is 21.1. The predicted octanol–water partition coefficient (Wildman–Crippen LogP) is 5.28. The largest absolute Gasteiger partial charge is 0.501 e. The van der Waals surface area contributed by atoms with Gasteiger partial charge in [-0.15, -0.1) is 0 Å². The lowest BCUT2D eigenvalue weighted by Gasteiger charge is -2.33. The molecule has 0 saturated heterocycles. The van der Waals surface area contributed by atoms with E-state index in [-0.39, 0.29) is 0 Å². The van der Waals surface area contributed by atoms with Crippen LogP contribution in [0.3, 0.4) is 0 Å². The minimum absolute atomic E-state index is 0.595. The normalized spacial score (nSPS) is 13.9. The summed E-state index contributed by atoms with van der Waals surface area (Å²) in [6.07, 6.45) is 5.48. The molecule has 128 valence electrons. The van der Waals surface area contributed by atoms with Crippen molar-refractivity contribution in [1.29, 1.82) is 0 Å². The van der Waals surface area contributed by atoms with Crippen LogP contribution < -0.4 is 0 Å². The van der Waals surface area contributed by atoms with E-state index in [1.54, 1.807) is 0 Å². The van der Waals surface area contributed by atoms with Crippen molar-refractivity contribution in [2.45, 2.75) is 79.7 Å². The molecule has 0 heterocycles. The van der Waals surface area contributed by atoms with Gasteiger partial charge in [-0.1, -0.05) is 54.4 Å². The summed E-state index contributed by atoms with van der Waals surface area (Å²) in [7, 11) is -2.52. The van der Waals surface area contributed by atoms with Crippen molar-refractivity contribution in [2.24, 2.45) is 11.8 Å². The van der Waals surface area contributed by atoms with Gasteiger partial charge < -0.3 is 13.3 Å². The SMILES string of the molecule is CCCO[Si](CC(C)C(CC)CC)(OCCC)OCCC. The Morgan fingerprint density at radius 2 is 1.10 bits per heavy atom. The van der Waals surface area contributed by atoms with Crippen LogP contribution in [0.25, 0.3) is 0 Å². The van der Waals surface area contributed by atoms with Crippen molar-refractivity contribution < 1.29 is 13.3 Å². The highest BCUT2D eigenvalue weighted by molar-refractivity contribution is 6.60. The van der Waals surface area contributed by atoms with Crippen molar-refractivity contribution in [3.63, 3.8) is 0 Å². The fourth-order valence-corrected chi connectivity index (χ4v) is 6.00. The summed E-state index contributed by atoms with van der Waals surface area (Å²) in [4.78, 5) is 0. The van der Waals surface area contributed by atoms with Crippen molar-refractivity contribution >= 4 is 8.80 Å². The predicted molar refractivity (Wildman–Crippen MR) is 92.5 cm³/mol. The molecule has 0 spiro atoms. The standard InChI is InChI=1S/C17H38O3Si/c1-7-12-18-21(19-13-8-2,20-14-9-3)15-16(6)17(10-4)11-5/h16-17H,7-15H2,1-6H3. The summed E-state index contributed by atoms with van der Waals surface area (Å²) in [5, 5.41) is 0. The van der Waals surface area contributed by atoms with Crippen LogP contribution >= 0.6 is 0 Å². The average molecular weight is 319 g/mol. The van der Waals surface area contributed by atoms with Crippen LogP contribution in [-0.4, -0.2) is 28.6 Å². The Labute approximate surface area is 134 Å². The zero-order valence-corrected chi connectivity index (χ0v) is 16.2. The van der Waals surface area contributed by atoms with Crippen LogP contribution in [0.4, 0.5) is 0 Å². The second-order valence-corrected chi connectivity index (χ2v) is 8.63. The molecule has 0 aromatic rings. The first-order chi connectivity index (χ1) is 10.1. The zero-order chi connectivity index (χ0) is 16.1. The molecule has 0 bridgehead atoms. The third kappa shape index (κ3) is 8.34. The molecule has 0 rings (SSSR count). The van der Waals surface area contributed by atoms with E-state index in [1.165, 1.54) is 12.8 Å². The molecule has 0 fully saturated rings. The second-order valence-electron chi connectivity index (χ2n) is 5.99. The average Bonchev–Trinajstić information content (AvgIpc) is 2.49. The summed E-state index contributed by atoms with van der Waals surface area (Å²) >= 11 is 0. The van der Waals surface area contributed by atoms with Crippen LogP contribution in [0.5, 0.6) is 0 Å². The van der Waals surface area contributed by atoms with Gasteiger partial charge in [-0.3, -0.25) is 0 Å². The summed E-state index contributed by atoms with van der Waals surface area (Å²) in [6, 6.07) is 0.958. The van der Waals surface area contributed by atoms with E-state index >= 15 is 0 Å².